The first-order chi connectivity index (χ1) is 19.6. The van der Waals surface area contributed by atoms with Crippen molar-refractivity contribution >= 4 is 17.6 Å². The number of amides is 2. The Balaban J connectivity index is 1.12. The molecule has 0 bridgehead atoms. The van der Waals surface area contributed by atoms with E-state index in [0.717, 1.165) is 44.1 Å². The highest BCUT2D eigenvalue weighted by atomic mass is 16.2. The average molecular weight is 531 g/mol. The van der Waals surface area contributed by atoms with E-state index >= 15 is 0 Å². The Labute approximate surface area is 235 Å². The molecule has 1 N–H and O–H groups in total. The number of carbonyl (C=O) groups excluding carboxylic acids is 3. The molecule has 0 spiro atoms. The molecular weight excluding hydrogens is 484 g/mol. The topological polar surface area (TPSA) is 66.5 Å². The molecule has 2 amide bonds. The summed E-state index contributed by atoms with van der Waals surface area (Å²) in [4.78, 5) is 40.8. The minimum atomic E-state index is -1.01. The lowest BCUT2D eigenvalue weighted by Gasteiger charge is -2.61. The van der Waals surface area contributed by atoms with E-state index in [2.05, 4.69) is 19.2 Å². The number of fused-ring (bicyclic) bond motifs is 5. The summed E-state index contributed by atoms with van der Waals surface area (Å²) in [7, 11) is 1.83. The number of benzene rings is 2. The van der Waals surface area contributed by atoms with Gasteiger partial charge < -0.3 is 10.2 Å². The van der Waals surface area contributed by atoms with Crippen LogP contribution >= 0.6 is 0 Å². The lowest BCUT2D eigenvalue weighted by molar-refractivity contribution is -0.159. The molecular formula is C34H42N2O3. The molecule has 9 atom stereocenters. The minimum absolute atomic E-state index is 0.00828. The van der Waals surface area contributed by atoms with E-state index in [1.54, 1.807) is 4.90 Å². The Morgan fingerprint density at radius 3 is 2.36 bits per heavy atom. The monoisotopic (exact) mass is 530 g/mol. The third kappa shape index (κ3) is 4.33. The van der Waals surface area contributed by atoms with Gasteiger partial charge in [0.2, 0.25) is 11.8 Å². The number of carbonyl (C=O) groups is 3. The fraction of sp³-hybridized carbons (Fsp3) is 0.559. The van der Waals surface area contributed by atoms with Crippen molar-refractivity contribution in [1.29, 1.82) is 0 Å². The van der Waals surface area contributed by atoms with Crippen LogP contribution in [0.3, 0.4) is 0 Å². The molecule has 5 nitrogen and oxygen atoms in total. The number of nitrogens with one attached hydrogen (secondary N) is 1. The first-order valence-electron chi connectivity index (χ1n) is 15.8. The van der Waals surface area contributed by atoms with Gasteiger partial charge in [-0.25, -0.2) is 0 Å². The highest BCUT2D eigenvalue weighted by Crippen LogP contribution is 2.66. The molecule has 2 aromatic carbocycles. The van der Waals surface area contributed by atoms with E-state index in [-0.39, 0.29) is 40.4 Å². The maximum absolute atomic E-state index is 13.6. The molecule has 5 heteroatoms. The highest BCUT2D eigenvalue weighted by Gasteiger charge is 2.62. The normalized spacial score (nSPS) is 40.0. The number of piperidine rings is 1. The molecule has 3 saturated carbocycles. The lowest BCUT2D eigenvalue weighted by Crippen LogP contribution is -2.61. The summed E-state index contributed by atoms with van der Waals surface area (Å²) in [6.07, 6.45) is 4.00. The number of hydrogen-bond donors (Lipinski definition) is 1. The van der Waals surface area contributed by atoms with E-state index in [4.69, 9.17) is 2.74 Å². The van der Waals surface area contributed by atoms with Crippen LogP contribution in [0, 0.1) is 34.5 Å². The minimum Gasteiger partial charge on any atom is -0.352 e. The molecule has 6 rings (SSSR count). The van der Waals surface area contributed by atoms with E-state index in [9.17, 15) is 14.4 Å². The Bertz CT molecular complexity index is 1330. The third-order valence-electron chi connectivity index (χ3n) is 11.2. The van der Waals surface area contributed by atoms with E-state index < -0.39 is 12.8 Å². The zero-order chi connectivity index (χ0) is 29.1. The van der Waals surface area contributed by atoms with E-state index in [1.165, 1.54) is 0 Å². The van der Waals surface area contributed by atoms with Crippen LogP contribution in [0.5, 0.6) is 0 Å². The van der Waals surface area contributed by atoms with E-state index in [0.29, 0.717) is 35.4 Å². The van der Waals surface area contributed by atoms with Crippen molar-refractivity contribution in [2.75, 3.05) is 7.05 Å². The Morgan fingerprint density at radius 2 is 1.62 bits per heavy atom. The zero-order valence-corrected chi connectivity index (χ0v) is 23.4. The predicted molar refractivity (Wildman–Crippen MR) is 152 cm³/mol. The van der Waals surface area contributed by atoms with Crippen molar-refractivity contribution < 1.29 is 17.1 Å². The second-order valence-corrected chi connectivity index (χ2v) is 12.9. The smallest absolute Gasteiger partial charge is 0.223 e. The first-order valence-corrected chi connectivity index (χ1v) is 14.6. The molecule has 3 aliphatic carbocycles. The predicted octanol–water partition coefficient (Wildman–Crippen LogP) is 6.01. The van der Waals surface area contributed by atoms with Crippen molar-refractivity contribution in [2.45, 2.75) is 77.8 Å². The molecule has 39 heavy (non-hydrogen) atoms. The van der Waals surface area contributed by atoms with Gasteiger partial charge in [-0.15, -0.1) is 0 Å². The molecule has 206 valence electrons. The van der Waals surface area contributed by atoms with Crippen LogP contribution in [-0.4, -0.2) is 35.6 Å². The fourth-order valence-corrected chi connectivity index (χ4v) is 9.01. The average Bonchev–Trinajstić information content (AvgIpc) is 3.35. The summed E-state index contributed by atoms with van der Waals surface area (Å²) < 4.78 is 17.5. The largest absolute Gasteiger partial charge is 0.352 e. The molecule has 1 heterocycles. The molecule has 2 unspecified atom stereocenters. The zero-order valence-electron chi connectivity index (χ0n) is 25.4. The van der Waals surface area contributed by atoms with Gasteiger partial charge in [-0.1, -0.05) is 68.4 Å². The molecule has 1 saturated heterocycles. The standard InChI is InChI=1S/C34H42N2O3/c1-33-19-17-27-25(13-16-29-34(27,2)20-18-30(37)36(29)3)26(33)14-15-28(33)32(39)35-21-22-9-11-24(12-10-22)31(38)23-7-5-4-6-8-23/h4-12,25-29H,13-21H2,1-3H3,(H,35,39)/t25-,26-,27-,28+,29+,33-,34+/m0/s1/i18T,20T/t18?,20?,25-,26-,27-,28+,29+,33-,34+. The van der Waals surface area contributed by atoms with Crippen molar-refractivity contribution in [1.82, 2.24) is 10.2 Å². The van der Waals surface area contributed by atoms with E-state index in [1.807, 2.05) is 61.6 Å². The van der Waals surface area contributed by atoms with Crippen LogP contribution in [0.25, 0.3) is 0 Å². The maximum Gasteiger partial charge on any atom is 0.223 e. The molecule has 2 aromatic rings. The van der Waals surface area contributed by atoms with Gasteiger partial charge in [-0.05, 0) is 79.1 Å². The summed E-state index contributed by atoms with van der Waals surface area (Å²) >= 11 is 0. The quantitative estimate of drug-likeness (QED) is 0.481. The van der Waals surface area contributed by atoms with Crippen molar-refractivity contribution in [3.05, 3.63) is 71.3 Å². The van der Waals surface area contributed by atoms with Crippen LogP contribution < -0.4 is 5.32 Å². The van der Waals surface area contributed by atoms with Gasteiger partial charge in [0.25, 0.3) is 0 Å². The number of nitrogens with zero attached hydrogens (tertiary/aromatic N) is 1. The molecule has 0 radical (unpaired) electrons. The Morgan fingerprint density at radius 1 is 0.923 bits per heavy atom. The SMILES string of the molecule is [3H]C1C(=O)N(C)[C@@H]2CC[C@H]3[C@@H]4CC[C@H](C(=O)NCc5ccc(C(=O)c6ccccc6)cc5)[C@@]4(C)CC[C@@H]3[C@@]2(C)C1[3H]. The van der Waals surface area contributed by atoms with Gasteiger partial charge in [-0.2, -0.15) is 0 Å². The Kier molecular flexibility index (Phi) is 6.07. The lowest BCUT2D eigenvalue weighted by atomic mass is 9.47. The highest BCUT2D eigenvalue weighted by molar-refractivity contribution is 6.08. The number of likely N-dealkylation sites (tertiary alicyclic amines) is 1. The first kappa shape index (κ1) is 23.9. The van der Waals surface area contributed by atoms with Crippen LogP contribution in [0.1, 0.15) is 89.4 Å². The molecule has 1 aliphatic heterocycles. The van der Waals surface area contributed by atoms with Crippen molar-refractivity contribution in [2.24, 2.45) is 34.5 Å². The number of rotatable bonds is 5. The van der Waals surface area contributed by atoms with Gasteiger partial charge in [0, 0.05) is 45.8 Å². The van der Waals surface area contributed by atoms with Gasteiger partial charge in [-0.3, -0.25) is 14.4 Å². The molecule has 4 aliphatic rings. The Hall–Kier alpha value is -2.95. The van der Waals surface area contributed by atoms with Gasteiger partial charge >= 0.3 is 0 Å². The number of hydrogen-bond acceptors (Lipinski definition) is 3. The van der Waals surface area contributed by atoms with Crippen LogP contribution in [0.4, 0.5) is 0 Å². The fourth-order valence-electron chi connectivity index (χ4n) is 9.01. The summed E-state index contributed by atoms with van der Waals surface area (Å²) in [6.45, 7) is 4.93. The van der Waals surface area contributed by atoms with Crippen molar-refractivity contribution in [3.8, 4) is 0 Å². The summed E-state index contributed by atoms with van der Waals surface area (Å²) in [6, 6.07) is 16.8. The number of ketones is 1. The third-order valence-corrected chi connectivity index (χ3v) is 11.2. The van der Waals surface area contributed by atoms with Gasteiger partial charge in [0.1, 0.15) is 0 Å². The van der Waals surface area contributed by atoms with Gasteiger partial charge in [0.05, 0.1) is 0 Å². The van der Waals surface area contributed by atoms with Crippen molar-refractivity contribution in [3.63, 3.8) is 0 Å². The summed E-state index contributed by atoms with van der Waals surface area (Å²) in [5.41, 5.74) is 1.82. The molecule has 4 fully saturated rings. The van der Waals surface area contributed by atoms with Crippen LogP contribution in [0.15, 0.2) is 54.6 Å². The molecule has 0 aromatic heterocycles. The van der Waals surface area contributed by atoms with Crippen LogP contribution in [0.2, 0.25) is 0 Å². The second kappa shape index (κ2) is 9.91. The van der Waals surface area contributed by atoms with Crippen LogP contribution in [-0.2, 0) is 16.1 Å². The second-order valence-electron chi connectivity index (χ2n) is 12.9. The van der Waals surface area contributed by atoms with Gasteiger partial charge in [0.15, 0.2) is 5.78 Å². The summed E-state index contributed by atoms with van der Waals surface area (Å²) in [5.74, 6) is 1.04. The summed E-state index contributed by atoms with van der Waals surface area (Å²) in [5, 5.41) is 3.21. The maximum atomic E-state index is 13.6.